The van der Waals surface area contributed by atoms with E-state index in [1.807, 2.05) is 48.5 Å². The normalized spacial score (nSPS) is 18.2. The molecule has 2 aromatic rings. The second-order valence-corrected chi connectivity index (χ2v) is 5.64. The summed E-state index contributed by atoms with van der Waals surface area (Å²) in [6.45, 7) is 0.319. The maximum absolute atomic E-state index is 12.2. The minimum absolute atomic E-state index is 0.0474. The molecule has 1 saturated carbocycles. The van der Waals surface area contributed by atoms with E-state index in [0.29, 0.717) is 19.4 Å². The van der Waals surface area contributed by atoms with E-state index in [2.05, 4.69) is 15.2 Å². The predicted molar refractivity (Wildman–Crippen MR) is 89.3 cm³/mol. The molecule has 1 fully saturated rings. The topological polar surface area (TPSA) is 71.8 Å². The zero-order valence-corrected chi connectivity index (χ0v) is 13.1. The number of hydrogen-bond donors (Lipinski definition) is 0. The molecule has 0 aliphatic heterocycles. The molecule has 0 radical (unpaired) electrons. The van der Waals surface area contributed by atoms with Gasteiger partial charge in [0.1, 0.15) is 6.54 Å². The molecule has 5 heteroatoms. The van der Waals surface area contributed by atoms with Gasteiger partial charge < -0.3 is 0 Å². The molecular formula is C19H17N3O2. The highest BCUT2D eigenvalue weighted by atomic mass is 16.1. The first-order valence-electron chi connectivity index (χ1n) is 7.82. The average molecular weight is 319 g/mol. The fraction of sp³-hybridized carbons (Fsp3) is 0.211. The Hall–Kier alpha value is -2.95. The van der Waals surface area contributed by atoms with Crippen molar-refractivity contribution in [2.75, 3.05) is 0 Å². The van der Waals surface area contributed by atoms with Gasteiger partial charge in [-0.05, 0) is 23.6 Å². The zero-order chi connectivity index (χ0) is 16.8. The molecule has 0 unspecified atom stereocenters. The van der Waals surface area contributed by atoms with E-state index in [-0.39, 0.29) is 23.1 Å². The first kappa shape index (κ1) is 15.9. The molecule has 0 atom stereocenters. The van der Waals surface area contributed by atoms with Crippen molar-refractivity contribution in [1.29, 1.82) is 0 Å². The van der Waals surface area contributed by atoms with Crippen LogP contribution in [0, 0.1) is 0 Å². The molecule has 1 aromatic carbocycles. The average Bonchev–Trinajstić information content (AvgIpc) is 2.62. The highest BCUT2D eigenvalue weighted by Crippen LogP contribution is 2.31. The third-order valence-electron chi connectivity index (χ3n) is 3.96. The number of benzene rings is 1. The Kier molecular flexibility index (Phi) is 5.01. The largest absolute Gasteiger partial charge is 0.294 e. The first-order chi connectivity index (χ1) is 11.7. The number of carbonyl (C=O) groups excluding carboxylic acids is 2. The molecule has 0 bridgehead atoms. The molecule has 0 saturated heterocycles. The highest BCUT2D eigenvalue weighted by Gasteiger charge is 2.31. The van der Waals surface area contributed by atoms with Crippen LogP contribution in [0.5, 0.6) is 0 Å². The van der Waals surface area contributed by atoms with E-state index in [1.165, 1.54) is 6.20 Å². The summed E-state index contributed by atoms with van der Waals surface area (Å²) in [5, 5.41) is 7.83. The van der Waals surface area contributed by atoms with Crippen LogP contribution in [-0.2, 0) is 16.1 Å². The van der Waals surface area contributed by atoms with Crippen molar-refractivity contribution in [3.8, 4) is 0 Å². The van der Waals surface area contributed by atoms with Crippen LogP contribution in [0.3, 0.4) is 0 Å². The second-order valence-electron chi connectivity index (χ2n) is 5.64. The van der Waals surface area contributed by atoms with E-state index in [4.69, 9.17) is 0 Å². The lowest BCUT2D eigenvalue weighted by Gasteiger charge is -2.21. The fourth-order valence-electron chi connectivity index (χ4n) is 2.70. The van der Waals surface area contributed by atoms with Crippen molar-refractivity contribution < 1.29 is 9.59 Å². The Balaban J connectivity index is 1.65. The number of carbonyl (C=O) groups is 2. The van der Waals surface area contributed by atoms with Crippen molar-refractivity contribution in [1.82, 2.24) is 4.98 Å². The molecule has 5 nitrogen and oxygen atoms in total. The maximum atomic E-state index is 12.2. The lowest BCUT2D eigenvalue weighted by molar-refractivity contribution is -0.124. The smallest absolute Gasteiger partial charge is 0.168 e. The van der Waals surface area contributed by atoms with E-state index >= 15 is 0 Å². The van der Waals surface area contributed by atoms with Gasteiger partial charge in [0.15, 0.2) is 11.6 Å². The summed E-state index contributed by atoms with van der Waals surface area (Å²) in [4.78, 5) is 28.6. The van der Waals surface area contributed by atoms with Crippen LogP contribution in [0.1, 0.15) is 30.0 Å². The SMILES string of the molecule is O=C1CC(c2ccccc2)CC(=O)C1=CN=NCc1ccccn1. The van der Waals surface area contributed by atoms with Crippen LogP contribution in [0.4, 0.5) is 0 Å². The maximum Gasteiger partial charge on any atom is 0.168 e. The van der Waals surface area contributed by atoms with Gasteiger partial charge in [-0.3, -0.25) is 14.6 Å². The standard InChI is InChI=1S/C19H17N3O2/c23-18-10-15(14-6-2-1-3-7-14)11-19(24)17(18)13-22-21-12-16-8-4-5-9-20-16/h1-9,13,15H,10-12H2. The summed E-state index contributed by atoms with van der Waals surface area (Å²) in [5.41, 5.74) is 1.95. The van der Waals surface area contributed by atoms with Crippen molar-refractivity contribution in [3.05, 3.63) is 77.8 Å². The van der Waals surface area contributed by atoms with Gasteiger partial charge in [-0.1, -0.05) is 36.4 Å². The number of Topliss-reactive ketones (excluding diaryl/α,β-unsaturated/α-hetero) is 2. The molecular weight excluding hydrogens is 302 g/mol. The summed E-state index contributed by atoms with van der Waals surface area (Å²) >= 11 is 0. The van der Waals surface area contributed by atoms with Crippen molar-refractivity contribution in [2.45, 2.75) is 25.3 Å². The third kappa shape index (κ3) is 3.87. The number of rotatable bonds is 4. The number of pyridine rings is 1. The Morgan fingerprint density at radius 2 is 1.71 bits per heavy atom. The highest BCUT2D eigenvalue weighted by molar-refractivity contribution is 6.22. The minimum Gasteiger partial charge on any atom is -0.294 e. The lowest BCUT2D eigenvalue weighted by Crippen LogP contribution is -2.24. The van der Waals surface area contributed by atoms with Gasteiger partial charge in [-0.2, -0.15) is 10.2 Å². The van der Waals surface area contributed by atoms with E-state index in [9.17, 15) is 9.59 Å². The van der Waals surface area contributed by atoms with Crippen LogP contribution in [0.2, 0.25) is 0 Å². The Morgan fingerprint density at radius 3 is 2.38 bits per heavy atom. The van der Waals surface area contributed by atoms with Gasteiger partial charge in [0, 0.05) is 19.0 Å². The fourth-order valence-corrected chi connectivity index (χ4v) is 2.70. The molecule has 24 heavy (non-hydrogen) atoms. The molecule has 3 rings (SSSR count). The minimum atomic E-state index is -0.170. The summed E-state index contributed by atoms with van der Waals surface area (Å²) in [6.07, 6.45) is 3.63. The summed E-state index contributed by atoms with van der Waals surface area (Å²) in [5.74, 6) is -0.386. The van der Waals surface area contributed by atoms with Gasteiger partial charge in [0.2, 0.25) is 0 Å². The molecule has 0 amide bonds. The number of nitrogens with zero attached hydrogens (tertiary/aromatic N) is 3. The van der Waals surface area contributed by atoms with Crippen LogP contribution in [0.25, 0.3) is 0 Å². The molecule has 0 spiro atoms. The van der Waals surface area contributed by atoms with Gasteiger partial charge in [0.25, 0.3) is 0 Å². The van der Waals surface area contributed by atoms with Gasteiger partial charge in [-0.15, -0.1) is 0 Å². The van der Waals surface area contributed by atoms with E-state index in [1.54, 1.807) is 6.20 Å². The van der Waals surface area contributed by atoms with Crippen LogP contribution < -0.4 is 0 Å². The summed E-state index contributed by atoms with van der Waals surface area (Å²) < 4.78 is 0. The van der Waals surface area contributed by atoms with Crippen LogP contribution in [-0.4, -0.2) is 16.6 Å². The molecule has 1 aliphatic carbocycles. The Morgan fingerprint density at radius 1 is 1.00 bits per heavy atom. The number of azo groups is 1. The number of ketones is 2. The molecule has 1 heterocycles. The molecule has 1 aliphatic rings. The predicted octanol–water partition coefficient (Wildman–Crippen LogP) is 3.63. The summed E-state index contributed by atoms with van der Waals surface area (Å²) in [7, 11) is 0. The second kappa shape index (κ2) is 7.55. The van der Waals surface area contributed by atoms with Gasteiger partial charge in [0.05, 0.1) is 17.5 Å². The molecule has 1 aromatic heterocycles. The van der Waals surface area contributed by atoms with Crippen molar-refractivity contribution in [2.24, 2.45) is 10.2 Å². The Bertz CT molecular complexity index is 763. The monoisotopic (exact) mass is 319 g/mol. The zero-order valence-electron chi connectivity index (χ0n) is 13.1. The molecule has 0 N–H and O–H groups in total. The number of allylic oxidation sites excluding steroid dienone is 1. The van der Waals surface area contributed by atoms with Crippen molar-refractivity contribution >= 4 is 11.6 Å². The first-order valence-corrected chi connectivity index (χ1v) is 7.82. The number of aromatic nitrogens is 1. The number of hydrogen-bond acceptors (Lipinski definition) is 5. The van der Waals surface area contributed by atoms with Crippen LogP contribution in [0.15, 0.2) is 76.7 Å². The van der Waals surface area contributed by atoms with E-state index < -0.39 is 0 Å². The van der Waals surface area contributed by atoms with Crippen molar-refractivity contribution in [3.63, 3.8) is 0 Å². The molecule has 120 valence electrons. The van der Waals surface area contributed by atoms with E-state index in [0.717, 1.165) is 11.3 Å². The Labute approximate surface area is 140 Å². The van der Waals surface area contributed by atoms with Gasteiger partial charge >= 0.3 is 0 Å². The quantitative estimate of drug-likeness (QED) is 0.491. The summed E-state index contributed by atoms with van der Waals surface area (Å²) in [6, 6.07) is 15.2. The van der Waals surface area contributed by atoms with Gasteiger partial charge in [-0.25, -0.2) is 0 Å². The third-order valence-corrected chi connectivity index (χ3v) is 3.96. The lowest BCUT2D eigenvalue weighted by atomic mass is 9.80. The van der Waals surface area contributed by atoms with Crippen LogP contribution >= 0.6 is 0 Å².